The standard InChI is InChI=1S/C9H11ClN2O2/c10-8-7(2-4-14-8)9(13)12-6-1-3-11-5-6/h2,4,6,11H,1,3,5H2,(H,12,13)/t6-/m1/s1. The van der Waals surface area contributed by atoms with Crippen molar-refractivity contribution in [3.05, 3.63) is 23.1 Å². The number of carbonyl (C=O) groups excluding carboxylic acids is 1. The lowest BCUT2D eigenvalue weighted by atomic mass is 10.2. The molecule has 1 aromatic rings. The molecule has 1 fully saturated rings. The number of halogens is 1. The van der Waals surface area contributed by atoms with Crippen LogP contribution < -0.4 is 10.6 Å². The lowest BCUT2D eigenvalue weighted by molar-refractivity contribution is 0.0939. The van der Waals surface area contributed by atoms with E-state index in [1.54, 1.807) is 6.07 Å². The number of rotatable bonds is 2. The zero-order chi connectivity index (χ0) is 9.97. The Hall–Kier alpha value is -1.00. The molecule has 0 aliphatic carbocycles. The molecule has 4 nitrogen and oxygen atoms in total. The fourth-order valence-corrected chi connectivity index (χ4v) is 1.70. The largest absolute Gasteiger partial charge is 0.452 e. The zero-order valence-electron chi connectivity index (χ0n) is 7.55. The summed E-state index contributed by atoms with van der Waals surface area (Å²) in [7, 11) is 0. The Morgan fingerprint density at radius 2 is 2.57 bits per heavy atom. The van der Waals surface area contributed by atoms with Crippen molar-refractivity contribution in [3.8, 4) is 0 Å². The van der Waals surface area contributed by atoms with Crippen LogP contribution in [-0.2, 0) is 0 Å². The summed E-state index contributed by atoms with van der Waals surface area (Å²) in [5.74, 6) is -0.169. The molecule has 1 saturated heterocycles. The molecule has 0 aromatic carbocycles. The van der Waals surface area contributed by atoms with E-state index in [9.17, 15) is 4.79 Å². The number of hydrogen-bond donors (Lipinski definition) is 2. The van der Waals surface area contributed by atoms with Crippen LogP contribution in [-0.4, -0.2) is 25.0 Å². The molecular weight excluding hydrogens is 204 g/mol. The minimum Gasteiger partial charge on any atom is -0.452 e. The predicted octanol–water partition coefficient (Wildman–Crippen LogP) is 1.02. The summed E-state index contributed by atoms with van der Waals surface area (Å²) in [6.07, 6.45) is 2.37. The Morgan fingerprint density at radius 1 is 1.71 bits per heavy atom. The Morgan fingerprint density at radius 3 is 3.14 bits per heavy atom. The molecule has 0 spiro atoms. The smallest absolute Gasteiger partial charge is 0.256 e. The first-order valence-electron chi connectivity index (χ1n) is 4.52. The second-order valence-corrected chi connectivity index (χ2v) is 3.61. The van der Waals surface area contributed by atoms with Crippen molar-refractivity contribution in [1.29, 1.82) is 0 Å². The van der Waals surface area contributed by atoms with Crippen molar-refractivity contribution < 1.29 is 9.21 Å². The van der Waals surface area contributed by atoms with Crippen LogP contribution in [0.25, 0.3) is 0 Å². The molecule has 1 atom stereocenters. The van der Waals surface area contributed by atoms with E-state index in [0.29, 0.717) is 5.56 Å². The summed E-state index contributed by atoms with van der Waals surface area (Å²) in [6, 6.07) is 1.77. The van der Waals surface area contributed by atoms with Gasteiger partial charge in [0.15, 0.2) is 0 Å². The van der Waals surface area contributed by atoms with Gasteiger partial charge in [-0.15, -0.1) is 0 Å². The molecule has 0 unspecified atom stereocenters. The summed E-state index contributed by atoms with van der Waals surface area (Å²) < 4.78 is 4.84. The molecular formula is C9H11ClN2O2. The zero-order valence-corrected chi connectivity index (χ0v) is 8.30. The Bertz CT molecular complexity index is 331. The second kappa shape index (κ2) is 4.02. The minimum atomic E-state index is -0.169. The van der Waals surface area contributed by atoms with Gasteiger partial charge >= 0.3 is 0 Å². The highest BCUT2D eigenvalue weighted by molar-refractivity contribution is 6.32. The van der Waals surface area contributed by atoms with Crippen LogP contribution in [0.1, 0.15) is 16.8 Å². The molecule has 1 aliphatic heterocycles. The average molecular weight is 215 g/mol. The van der Waals surface area contributed by atoms with E-state index in [2.05, 4.69) is 10.6 Å². The normalized spacial score (nSPS) is 21.1. The first-order chi connectivity index (χ1) is 6.77. The maximum absolute atomic E-state index is 11.6. The third-order valence-electron chi connectivity index (χ3n) is 2.26. The van der Waals surface area contributed by atoms with Crippen LogP contribution >= 0.6 is 11.6 Å². The van der Waals surface area contributed by atoms with Crippen molar-refractivity contribution in [3.63, 3.8) is 0 Å². The SMILES string of the molecule is O=C(N[C@@H]1CCNC1)c1ccoc1Cl. The molecule has 1 aromatic heterocycles. The van der Waals surface area contributed by atoms with Crippen molar-refractivity contribution in [2.24, 2.45) is 0 Å². The molecule has 2 rings (SSSR count). The van der Waals surface area contributed by atoms with Gasteiger partial charge in [0.1, 0.15) is 0 Å². The predicted molar refractivity (Wildman–Crippen MR) is 52.5 cm³/mol. The molecule has 14 heavy (non-hydrogen) atoms. The summed E-state index contributed by atoms with van der Waals surface area (Å²) in [5, 5.41) is 6.19. The maximum Gasteiger partial charge on any atom is 0.256 e. The Labute approximate surface area is 86.6 Å². The van der Waals surface area contributed by atoms with E-state index in [0.717, 1.165) is 19.5 Å². The fraction of sp³-hybridized carbons (Fsp3) is 0.444. The van der Waals surface area contributed by atoms with Crippen LogP contribution in [0.3, 0.4) is 0 Å². The van der Waals surface area contributed by atoms with E-state index < -0.39 is 0 Å². The Kier molecular flexibility index (Phi) is 2.74. The van der Waals surface area contributed by atoms with Crippen LogP contribution in [0, 0.1) is 0 Å². The van der Waals surface area contributed by atoms with Gasteiger partial charge in [-0.2, -0.15) is 0 Å². The number of furan rings is 1. The molecule has 76 valence electrons. The summed E-state index contributed by atoms with van der Waals surface area (Å²) >= 11 is 5.68. The van der Waals surface area contributed by atoms with Crippen molar-refractivity contribution in [1.82, 2.24) is 10.6 Å². The first kappa shape index (κ1) is 9.55. The van der Waals surface area contributed by atoms with Crippen LogP contribution in [0.5, 0.6) is 0 Å². The molecule has 1 aliphatic rings. The van der Waals surface area contributed by atoms with E-state index in [-0.39, 0.29) is 17.2 Å². The molecule has 2 heterocycles. The molecule has 1 amide bonds. The quantitative estimate of drug-likeness (QED) is 0.773. The number of nitrogens with one attached hydrogen (secondary N) is 2. The average Bonchev–Trinajstić information content (AvgIpc) is 2.75. The number of amides is 1. The van der Waals surface area contributed by atoms with Gasteiger partial charge < -0.3 is 15.1 Å². The van der Waals surface area contributed by atoms with Crippen LogP contribution in [0.4, 0.5) is 0 Å². The van der Waals surface area contributed by atoms with Gasteiger partial charge in [-0.1, -0.05) is 0 Å². The van der Waals surface area contributed by atoms with Crippen molar-refractivity contribution >= 4 is 17.5 Å². The van der Waals surface area contributed by atoms with E-state index in [1.165, 1.54) is 6.26 Å². The molecule has 0 saturated carbocycles. The van der Waals surface area contributed by atoms with Crippen molar-refractivity contribution in [2.45, 2.75) is 12.5 Å². The monoisotopic (exact) mass is 214 g/mol. The first-order valence-corrected chi connectivity index (χ1v) is 4.90. The third kappa shape index (κ3) is 1.91. The summed E-state index contributed by atoms with van der Waals surface area (Å²) in [5.41, 5.74) is 0.401. The third-order valence-corrected chi connectivity index (χ3v) is 2.55. The van der Waals surface area contributed by atoms with Crippen LogP contribution in [0.2, 0.25) is 5.22 Å². The topological polar surface area (TPSA) is 54.3 Å². The highest BCUT2D eigenvalue weighted by Crippen LogP contribution is 2.16. The van der Waals surface area contributed by atoms with Gasteiger partial charge in [0.05, 0.1) is 11.8 Å². The van der Waals surface area contributed by atoms with Gasteiger partial charge in [-0.3, -0.25) is 4.79 Å². The van der Waals surface area contributed by atoms with Crippen LogP contribution in [0.15, 0.2) is 16.7 Å². The van der Waals surface area contributed by atoms with Crippen molar-refractivity contribution in [2.75, 3.05) is 13.1 Å². The molecule has 0 radical (unpaired) electrons. The number of carbonyl (C=O) groups is 1. The molecule has 2 N–H and O–H groups in total. The van der Waals surface area contributed by atoms with Gasteiger partial charge in [0, 0.05) is 12.6 Å². The second-order valence-electron chi connectivity index (χ2n) is 3.27. The van der Waals surface area contributed by atoms with E-state index >= 15 is 0 Å². The number of hydrogen-bond acceptors (Lipinski definition) is 3. The fourth-order valence-electron chi connectivity index (χ4n) is 1.50. The summed E-state index contributed by atoms with van der Waals surface area (Å²) in [6.45, 7) is 1.77. The van der Waals surface area contributed by atoms with Gasteiger partial charge in [0.2, 0.25) is 5.22 Å². The van der Waals surface area contributed by atoms with Gasteiger partial charge in [-0.25, -0.2) is 0 Å². The lowest BCUT2D eigenvalue weighted by Crippen LogP contribution is -2.36. The summed E-state index contributed by atoms with van der Waals surface area (Å²) in [4.78, 5) is 11.6. The van der Waals surface area contributed by atoms with E-state index in [1.807, 2.05) is 0 Å². The van der Waals surface area contributed by atoms with E-state index in [4.69, 9.17) is 16.0 Å². The Balaban J connectivity index is 1.98. The highest BCUT2D eigenvalue weighted by Gasteiger charge is 2.19. The van der Waals surface area contributed by atoms with Gasteiger partial charge in [-0.05, 0) is 30.6 Å². The maximum atomic E-state index is 11.6. The highest BCUT2D eigenvalue weighted by atomic mass is 35.5. The lowest BCUT2D eigenvalue weighted by Gasteiger charge is -2.09. The minimum absolute atomic E-state index is 0.147. The molecule has 5 heteroatoms. The molecule has 0 bridgehead atoms. The van der Waals surface area contributed by atoms with Gasteiger partial charge in [0.25, 0.3) is 5.91 Å².